The van der Waals surface area contributed by atoms with Crippen LogP contribution in [0.4, 0.5) is 10.2 Å². The van der Waals surface area contributed by atoms with Crippen molar-refractivity contribution in [1.29, 1.82) is 5.26 Å². The molecule has 0 atom stereocenters. The number of benzene rings is 1. The Morgan fingerprint density at radius 1 is 1.33 bits per heavy atom. The van der Waals surface area contributed by atoms with Gasteiger partial charge in [0, 0.05) is 36.4 Å². The fourth-order valence-corrected chi connectivity index (χ4v) is 3.30. The van der Waals surface area contributed by atoms with Gasteiger partial charge in [-0.25, -0.2) is 14.4 Å². The van der Waals surface area contributed by atoms with Gasteiger partial charge in [-0.05, 0) is 41.7 Å². The van der Waals surface area contributed by atoms with Crippen molar-refractivity contribution >= 4 is 22.6 Å². The smallest absolute Gasteiger partial charge is 0.239 e. The maximum atomic E-state index is 13.3. The second-order valence-corrected chi connectivity index (χ2v) is 8.37. The number of hydrogen-bond donors (Lipinski definition) is 2. The normalized spacial score (nSPS) is 11.3. The van der Waals surface area contributed by atoms with Gasteiger partial charge in [0.2, 0.25) is 11.7 Å². The van der Waals surface area contributed by atoms with Crippen LogP contribution in [0.2, 0.25) is 0 Å². The molecule has 0 saturated carbocycles. The third-order valence-electron chi connectivity index (χ3n) is 4.51. The van der Waals surface area contributed by atoms with Gasteiger partial charge in [-0.15, -0.1) is 0 Å². The average molecular weight is 408 g/mol. The topological polar surface area (TPSA) is 97.7 Å². The molecule has 7 nitrogen and oxygen atoms in total. The quantitative estimate of drug-likeness (QED) is 0.626. The molecule has 1 amide bonds. The molecule has 0 aliphatic rings. The molecule has 3 aromatic rings. The van der Waals surface area contributed by atoms with Crippen LogP contribution in [0.25, 0.3) is 10.9 Å². The number of rotatable bonds is 7. The van der Waals surface area contributed by atoms with Gasteiger partial charge in [-0.1, -0.05) is 20.8 Å². The Kier molecular flexibility index (Phi) is 6.31. The Morgan fingerprint density at radius 3 is 2.87 bits per heavy atom. The molecule has 2 heterocycles. The minimum absolute atomic E-state index is 0.0718. The monoisotopic (exact) mass is 408 g/mol. The zero-order chi connectivity index (χ0) is 21.7. The molecule has 0 unspecified atom stereocenters. The maximum Gasteiger partial charge on any atom is 0.239 e. The Morgan fingerprint density at radius 2 is 2.13 bits per heavy atom. The van der Waals surface area contributed by atoms with Gasteiger partial charge in [-0.3, -0.25) is 4.79 Å². The number of carbonyl (C=O) groups excluding carboxylic acids is 1. The van der Waals surface area contributed by atoms with E-state index in [0.29, 0.717) is 25.3 Å². The standard InChI is InChI=1S/C22H25FN6O/c1-22(2,3)14-29(20-7-9-25-19(11-24)28-20)13-21(30)26-8-6-15-12-27-18-10-16(23)4-5-17(15)18/h4-5,7,9-10,12,27H,6,8,13-14H2,1-3H3,(H,26,30). The zero-order valence-corrected chi connectivity index (χ0v) is 17.4. The van der Waals surface area contributed by atoms with Crippen molar-refractivity contribution in [2.45, 2.75) is 27.2 Å². The minimum Gasteiger partial charge on any atom is -0.361 e. The molecule has 0 radical (unpaired) electrons. The van der Waals surface area contributed by atoms with Gasteiger partial charge in [-0.2, -0.15) is 5.26 Å². The molecule has 0 fully saturated rings. The number of H-pyrrole nitrogens is 1. The SMILES string of the molecule is CC(C)(C)CN(CC(=O)NCCc1c[nH]c2cc(F)ccc12)c1ccnc(C#N)n1. The molecular formula is C22H25FN6O. The van der Waals surface area contributed by atoms with Gasteiger partial charge in [0.05, 0.1) is 6.54 Å². The lowest BCUT2D eigenvalue weighted by molar-refractivity contribution is -0.119. The van der Waals surface area contributed by atoms with E-state index in [1.54, 1.807) is 12.1 Å². The summed E-state index contributed by atoms with van der Waals surface area (Å²) >= 11 is 0. The van der Waals surface area contributed by atoms with E-state index < -0.39 is 0 Å². The largest absolute Gasteiger partial charge is 0.361 e. The Labute approximate surface area is 174 Å². The number of fused-ring (bicyclic) bond motifs is 1. The summed E-state index contributed by atoms with van der Waals surface area (Å²) in [4.78, 5) is 25.6. The predicted molar refractivity (Wildman–Crippen MR) is 113 cm³/mol. The third-order valence-corrected chi connectivity index (χ3v) is 4.51. The number of nitriles is 1. The van der Waals surface area contributed by atoms with Crippen LogP contribution in [0.15, 0.2) is 36.7 Å². The number of aromatic nitrogens is 3. The number of nitrogens with zero attached hydrogens (tertiary/aromatic N) is 4. The highest BCUT2D eigenvalue weighted by Crippen LogP contribution is 2.21. The average Bonchev–Trinajstić information content (AvgIpc) is 3.08. The molecule has 2 aromatic heterocycles. The van der Waals surface area contributed by atoms with E-state index in [4.69, 9.17) is 5.26 Å². The van der Waals surface area contributed by atoms with Gasteiger partial charge < -0.3 is 15.2 Å². The fourth-order valence-electron chi connectivity index (χ4n) is 3.30. The van der Waals surface area contributed by atoms with Crippen LogP contribution in [0.5, 0.6) is 0 Å². The van der Waals surface area contributed by atoms with Gasteiger partial charge >= 0.3 is 0 Å². The molecule has 156 valence electrons. The summed E-state index contributed by atoms with van der Waals surface area (Å²) in [6.07, 6.45) is 3.99. The summed E-state index contributed by atoms with van der Waals surface area (Å²) in [5.74, 6) is 0.197. The highest BCUT2D eigenvalue weighted by atomic mass is 19.1. The van der Waals surface area contributed by atoms with Crippen LogP contribution in [0.3, 0.4) is 0 Å². The van der Waals surface area contributed by atoms with Crippen LogP contribution in [0, 0.1) is 22.6 Å². The van der Waals surface area contributed by atoms with E-state index in [-0.39, 0.29) is 29.5 Å². The molecule has 8 heteroatoms. The fraction of sp³-hybridized carbons (Fsp3) is 0.364. The van der Waals surface area contributed by atoms with E-state index in [1.165, 1.54) is 18.3 Å². The van der Waals surface area contributed by atoms with Crippen molar-refractivity contribution in [3.8, 4) is 6.07 Å². The number of anilines is 1. The van der Waals surface area contributed by atoms with E-state index in [9.17, 15) is 9.18 Å². The molecule has 0 saturated heterocycles. The molecule has 0 aliphatic carbocycles. The van der Waals surface area contributed by atoms with Crippen molar-refractivity contribution in [3.63, 3.8) is 0 Å². The van der Waals surface area contributed by atoms with Gasteiger partial charge in [0.15, 0.2) is 0 Å². The van der Waals surface area contributed by atoms with E-state index >= 15 is 0 Å². The highest BCUT2D eigenvalue weighted by molar-refractivity contribution is 5.83. The number of nitrogens with one attached hydrogen (secondary N) is 2. The van der Waals surface area contributed by atoms with Crippen molar-refractivity contribution < 1.29 is 9.18 Å². The molecule has 0 spiro atoms. The predicted octanol–water partition coefficient (Wildman–Crippen LogP) is 3.18. The Hall–Kier alpha value is -3.47. The van der Waals surface area contributed by atoms with Crippen LogP contribution in [0.1, 0.15) is 32.2 Å². The Balaban J connectivity index is 1.63. The maximum absolute atomic E-state index is 13.3. The lowest BCUT2D eigenvalue weighted by Crippen LogP contribution is -2.42. The van der Waals surface area contributed by atoms with Crippen LogP contribution in [-0.4, -0.2) is 40.5 Å². The van der Waals surface area contributed by atoms with E-state index in [2.05, 4.69) is 41.0 Å². The zero-order valence-electron chi connectivity index (χ0n) is 17.4. The van der Waals surface area contributed by atoms with Crippen molar-refractivity contribution in [2.75, 3.05) is 24.5 Å². The number of aromatic amines is 1. The van der Waals surface area contributed by atoms with Gasteiger partial charge in [0.25, 0.3) is 0 Å². The lowest BCUT2D eigenvalue weighted by Gasteiger charge is -2.30. The van der Waals surface area contributed by atoms with Crippen molar-refractivity contribution in [3.05, 3.63) is 53.9 Å². The molecule has 2 N–H and O–H groups in total. The van der Waals surface area contributed by atoms with Crippen molar-refractivity contribution in [2.24, 2.45) is 5.41 Å². The number of hydrogen-bond acceptors (Lipinski definition) is 5. The molecule has 0 bridgehead atoms. The summed E-state index contributed by atoms with van der Waals surface area (Å²) in [5, 5.41) is 12.9. The van der Waals surface area contributed by atoms with E-state index in [1.807, 2.05) is 17.2 Å². The molecule has 30 heavy (non-hydrogen) atoms. The second-order valence-electron chi connectivity index (χ2n) is 8.37. The first-order valence-corrected chi connectivity index (χ1v) is 9.75. The van der Waals surface area contributed by atoms with Gasteiger partial charge in [0.1, 0.15) is 17.7 Å². The highest BCUT2D eigenvalue weighted by Gasteiger charge is 2.20. The summed E-state index contributed by atoms with van der Waals surface area (Å²) in [6, 6.07) is 8.26. The lowest BCUT2D eigenvalue weighted by atomic mass is 9.96. The number of carbonyl (C=O) groups is 1. The van der Waals surface area contributed by atoms with Crippen LogP contribution < -0.4 is 10.2 Å². The summed E-state index contributed by atoms with van der Waals surface area (Å²) < 4.78 is 13.3. The summed E-state index contributed by atoms with van der Waals surface area (Å²) in [7, 11) is 0. The summed E-state index contributed by atoms with van der Waals surface area (Å²) in [5.41, 5.74) is 1.69. The molecule has 3 rings (SSSR count). The molecular weight excluding hydrogens is 383 g/mol. The first kappa shape index (κ1) is 21.2. The molecule has 1 aromatic carbocycles. The number of halogens is 1. The van der Waals surface area contributed by atoms with E-state index in [0.717, 1.165) is 16.5 Å². The Bertz CT molecular complexity index is 1080. The third kappa shape index (κ3) is 5.54. The van der Waals surface area contributed by atoms with Crippen LogP contribution in [-0.2, 0) is 11.2 Å². The van der Waals surface area contributed by atoms with Crippen molar-refractivity contribution in [1.82, 2.24) is 20.3 Å². The number of amides is 1. The first-order chi connectivity index (χ1) is 14.2. The van der Waals surface area contributed by atoms with Crippen LogP contribution >= 0.6 is 0 Å². The first-order valence-electron chi connectivity index (χ1n) is 9.75. The molecule has 0 aliphatic heterocycles. The minimum atomic E-state index is -0.285. The second kappa shape index (κ2) is 8.91. The summed E-state index contributed by atoms with van der Waals surface area (Å²) in [6.45, 7) is 7.40.